The van der Waals surface area contributed by atoms with Crippen LogP contribution in [0.1, 0.15) is 48.9 Å². The number of rotatable bonds is 2. The Bertz CT molecular complexity index is 1410. The molecule has 0 spiro atoms. The molecule has 1 atom stereocenters. The molecule has 1 fully saturated rings. The first-order valence-corrected chi connectivity index (χ1v) is 14.9. The molecule has 0 aliphatic carbocycles. The number of pyridine rings is 1. The van der Waals surface area contributed by atoms with Gasteiger partial charge < -0.3 is 15.5 Å². The summed E-state index contributed by atoms with van der Waals surface area (Å²) >= 11 is 6.35. The van der Waals surface area contributed by atoms with E-state index >= 15 is 0 Å². The summed E-state index contributed by atoms with van der Waals surface area (Å²) in [5.41, 5.74) is 2.01. The molecule has 2 N–H and O–H groups in total. The van der Waals surface area contributed by atoms with Crippen LogP contribution in [-0.4, -0.2) is 55.0 Å². The molecule has 9 nitrogen and oxygen atoms in total. The SMILES string of the molecule is CS(=O)(=O)c1ccn(-c2ccc3nc2NCCCCC[C@H]2CCCN(C2)c2cc(Cl)ccc2C(=O)N3)n1. The molecule has 4 bridgehead atoms. The highest BCUT2D eigenvalue weighted by Crippen LogP contribution is 2.32. The molecule has 1 saturated heterocycles. The first kappa shape index (κ1) is 25.5. The minimum Gasteiger partial charge on any atom is -0.371 e. The van der Waals surface area contributed by atoms with E-state index in [1.54, 1.807) is 30.5 Å². The molecule has 1 amide bonds. The van der Waals surface area contributed by atoms with Crippen molar-refractivity contribution in [2.75, 3.05) is 41.4 Å². The Morgan fingerprint density at radius 3 is 2.68 bits per heavy atom. The topological polar surface area (TPSA) is 109 Å². The number of amides is 1. The zero-order chi connectivity index (χ0) is 26.0. The van der Waals surface area contributed by atoms with Crippen LogP contribution in [0.2, 0.25) is 5.02 Å². The molecule has 11 heteroatoms. The Morgan fingerprint density at radius 1 is 1.03 bits per heavy atom. The van der Waals surface area contributed by atoms with Crippen LogP contribution in [0.15, 0.2) is 47.6 Å². The lowest BCUT2D eigenvalue weighted by Gasteiger charge is -2.35. The molecule has 0 unspecified atom stereocenters. The van der Waals surface area contributed by atoms with Gasteiger partial charge in [-0.15, -0.1) is 0 Å². The predicted octanol–water partition coefficient (Wildman–Crippen LogP) is 4.78. The van der Waals surface area contributed by atoms with Gasteiger partial charge in [0.2, 0.25) is 0 Å². The molecule has 2 aliphatic rings. The normalized spacial score (nSPS) is 19.0. The summed E-state index contributed by atoms with van der Waals surface area (Å²) in [7, 11) is -3.44. The summed E-state index contributed by atoms with van der Waals surface area (Å²) in [6.45, 7) is 2.53. The second-order valence-electron chi connectivity index (χ2n) is 9.78. The van der Waals surface area contributed by atoms with Gasteiger partial charge in [-0.3, -0.25) is 4.79 Å². The first-order valence-electron chi connectivity index (χ1n) is 12.6. The second-order valence-corrected chi connectivity index (χ2v) is 12.2. The van der Waals surface area contributed by atoms with E-state index in [-0.39, 0.29) is 10.9 Å². The van der Waals surface area contributed by atoms with Crippen molar-refractivity contribution in [3.8, 4) is 5.69 Å². The van der Waals surface area contributed by atoms with Gasteiger partial charge in [0, 0.05) is 37.1 Å². The number of hydrogen-bond donors (Lipinski definition) is 2. The van der Waals surface area contributed by atoms with Crippen LogP contribution in [0.5, 0.6) is 0 Å². The summed E-state index contributed by atoms with van der Waals surface area (Å²) in [6, 6.07) is 10.3. The monoisotopic (exact) mass is 542 g/mol. The number of benzene rings is 1. The Morgan fingerprint density at radius 2 is 1.86 bits per heavy atom. The van der Waals surface area contributed by atoms with Gasteiger partial charge in [-0.05, 0) is 68.0 Å². The van der Waals surface area contributed by atoms with Crippen molar-refractivity contribution in [1.82, 2.24) is 14.8 Å². The Hall–Kier alpha value is -3.11. The number of nitrogens with zero attached hydrogens (tertiary/aromatic N) is 4. The maximum atomic E-state index is 13.4. The fourth-order valence-electron chi connectivity index (χ4n) is 5.08. The van der Waals surface area contributed by atoms with Crippen LogP contribution in [0, 0.1) is 5.92 Å². The second kappa shape index (κ2) is 10.7. The fourth-order valence-corrected chi connectivity index (χ4v) is 5.79. The minimum absolute atomic E-state index is 0.0129. The zero-order valence-corrected chi connectivity index (χ0v) is 22.4. The maximum Gasteiger partial charge on any atom is 0.258 e. The number of hydrogen-bond acceptors (Lipinski definition) is 7. The van der Waals surface area contributed by atoms with Crippen LogP contribution < -0.4 is 15.5 Å². The maximum absolute atomic E-state index is 13.4. The molecule has 2 aromatic heterocycles. The summed E-state index contributed by atoms with van der Waals surface area (Å²) in [5, 5.41) is 11.1. The zero-order valence-electron chi connectivity index (χ0n) is 20.8. The third kappa shape index (κ3) is 5.91. The van der Waals surface area contributed by atoms with Crippen LogP contribution in [0.4, 0.5) is 17.3 Å². The van der Waals surface area contributed by atoms with Crippen molar-refractivity contribution in [2.24, 2.45) is 5.92 Å². The number of sulfone groups is 1. The van der Waals surface area contributed by atoms with Crippen molar-refractivity contribution in [1.29, 1.82) is 0 Å². The van der Waals surface area contributed by atoms with E-state index in [1.165, 1.54) is 17.2 Å². The smallest absolute Gasteiger partial charge is 0.258 e. The number of halogens is 1. The van der Waals surface area contributed by atoms with Crippen LogP contribution in [0.25, 0.3) is 5.69 Å². The van der Waals surface area contributed by atoms with Gasteiger partial charge in [0.15, 0.2) is 20.7 Å². The van der Waals surface area contributed by atoms with Gasteiger partial charge >= 0.3 is 0 Å². The highest BCUT2D eigenvalue weighted by atomic mass is 35.5. The Labute approximate surface area is 222 Å². The highest BCUT2D eigenvalue weighted by molar-refractivity contribution is 7.90. The van der Waals surface area contributed by atoms with E-state index in [0.717, 1.165) is 57.1 Å². The van der Waals surface area contributed by atoms with Gasteiger partial charge in [-0.25, -0.2) is 18.1 Å². The summed E-state index contributed by atoms with van der Waals surface area (Å²) in [4.78, 5) is 20.4. The molecule has 4 heterocycles. The number of anilines is 3. The van der Waals surface area contributed by atoms with Gasteiger partial charge in [0.1, 0.15) is 11.5 Å². The molecule has 5 rings (SSSR count). The van der Waals surface area contributed by atoms with E-state index in [0.29, 0.717) is 40.4 Å². The first-order chi connectivity index (χ1) is 17.8. The number of carbonyl (C=O) groups excluding carboxylic acids is 1. The minimum atomic E-state index is -3.44. The molecule has 0 saturated carbocycles. The average molecular weight is 543 g/mol. The van der Waals surface area contributed by atoms with Crippen molar-refractivity contribution in [3.63, 3.8) is 0 Å². The molecular formula is C26H31ClN6O3S. The Balaban J connectivity index is 1.50. The summed E-state index contributed by atoms with van der Waals surface area (Å²) in [6.07, 6.45) is 9.38. The number of nitrogens with one attached hydrogen (secondary N) is 2. The van der Waals surface area contributed by atoms with E-state index in [2.05, 4.69) is 25.6 Å². The average Bonchev–Trinajstić information content (AvgIpc) is 3.37. The molecule has 196 valence electrons. The van der Waals surface area contributed by atoms with E-state index in [4.69, 9.17) is 11.6 Å². The van der Waals surface area contributed by atoms with Crippen molar-refractivity contribution < 1.29 is 13.2 Å². The molecule has 0 radical (unpaired) electrons. The largest absolute Gasteiger partial charge is 0.371 e. The van der Waals surface area contributed by atoms with Gasteiger partial charge in [-0.1, -0.05) is 24.4 Å². The van der Waals surface area contributed by atoms with Crippen LogP contribution in [0.3, 0.4) is 0 Å². The molecule has 1 aromatic carbocycles. The molecule has 3 aromatic rings. The lowest BCUT2D eigenvalue weighted by Crippen LogP contribution is -2.36. The summed E-state index contributed by atoms with van der Waals surface area (Å²) in [5.74, 6) is 1.24. The van der Waals surface area contributed by atoms with Gasteiger partial charge in [0.05, 0.1) is 11.3 Å². The Kier molecular flexibility index (Phi) is 7.39. The van der Waals surface area contributed by atoms with Crippen molar-refractivity contribution in [3.05, 3.63) is 53.2 Å². The third-order valence-corrected chi connectivity index (χ3v) is 8.17. The third-order valence-electron chi connectivity index (χ3n) is 6.95. The highest BCUT2D eigenvalue weighted by Gasteiger charge is 2.24. The van der Waals surface area contributed by atoms with Crippen molar-refractivity contribution in [2.45, 2.75) is 43.6 Å². The predicted molar refractivity (Wildman–Crippen MR) is 146 cm³/mol. The number of piperidine rings is 1. The molecule has 2 aliphatic heterocycles. The van der Waals surface area contributed by atoms with E-state index in [9.17, 15) is 13.2 Å². The molecule has 37 heavy (non-hydrogen) atoms. The lowest BCUT2D eigenvalue weighted by atomic mass is 9.91. The number of carbonyl (C=O) groups is 1. The van der Waals surface area contributed by atoms with E-state index < -0.39 is 9.84 Å². The van der Waals surface area contributed by atoms with Gasteiger partial charge in [0.25, 0.3) is 5.91 Å². The van der Waals surface area contributed by atoms with Crippen molar-refractivity contribution >= 4 is 44.7 Å². The quantitative estimate of drug-likeness (QED) is 0.479. The van der Waals surface area contributed by atoms with E-state index in [1.807, 2.05) is 6.07 Å². The van der Waals surface area contributed by atoms with Gasteiger partial charge in [-0.2, -0.15) is 5.10 Å². The standard InChI is InChI=1S/C26H31ClN6O3S/c1-37(35,36)24-12-15-33(31-24)21-10-11-23-29-25(21)28-13-4-2-3-6-18-7-5-14-32(17-18)22-16-19(27)8-9-20(22)26(34)30-23/h8-12,15-16,18H,2-7,13-14,17H2,1H3,(H2,28,29,30,34)/t18-/m0/s1. The molecular weight excluding hydrogens is 512 g/mol. The summed E-state index contributed by atoms with van der Waals surface area (Å²) < 4.78 is 25.3. The van der Waals surface area contributed by atoms with Crippen LogP contribution >= 0.6 is 11.6 Å². The number of fused-ring (bicyclic) bond motifs is 6. The number of aromatic nitrogens is 3. The fraction of sp³-hybridized carbons (Fsp3) is 0.423. The lowest BCUT2D eigenvalue weighted by molar-refractivity contribution is 0.102. The van der Waals surface area contributed by atoms with Crippen LogP contribution in [-0.2, 0) is 9.84 Å².